The summed E-state index contributed by atoms with van der Waals surface area (Å²) in [5.41, 5.74) is 7.39. The smallest absolute Gasteiger partial charge is 0.244 e. The molecule has 0 saturated heterocycles. The summed E-state index contributed by atoms with van der Waals surface area (Å²) in [4.78, 5) is 11.7. The van der Waals surface area contributed by atoms with Crippen molar-refractivity contribution in [1.29, 1.82) is 0 Å². The van der Waals surface area contributed by atoms with E-state index in [0.717, 1.165) is 4.31 Å². The first-order chi connectivity index (χ1) is 9.23. The van der Waals surface area contributed by atoms with Gasteiger partial charge in [0.15, 0.2) is 0 Å². The number of sulfonamides is 1. The molecule has 0 heterocycles. The molecule has 0 fully saturated rings. The molecule has 20 heavy (non-hydrogen) atoms. The highest BCUT2D eigenvalue weighted by Crippen LogP contribution is 2.26. The van der Waals surface area contributed by atoms with Crippen LogP contribution in [0.1, 0.15) is 18.1 Å². The molecule has 0 bridgehead atoms. The first-order valence-electron chi connectivity index (χ1n) is 6.31. The van der Waals surface area contributed by atoms with Gasteiger partial charge in [-0.15, -0.1) is 0 Å². The molecule has 0 aliphatic rings. The number of amides is 1. The Balaban J connectivity index is 3.31. The normalized spacial score (nSPS) is 11.7. The van der Waals surface area contributed by atoms with Crippen molar-refractivity contribution in [2.75, 3.05) is 25.9 Å². The highest BCUT2D eigenvalue weighted by molar-refractivity contribution is 7.89. The van der Waals surface area contributed by atoms with Gasteiger partial charge < -0.3 is 11.1 Å². The summed E-state index contributed by atoms with van der Waals surface area (Å²) in [5, 5.41) is 2.43. The zero-order valence-electron chi connectivity index (χ0n) is 12.2. The van der Waals surface area contributed by atoms with E-state index in [2.05, 4.69) is 5.32 Å². The summed E-state index contributed by atoms with van der Waals surface area (Å²) < 4.78 is 26.5. The van der Waals surface area contributed by atoms with E-state index in [-0.39, 0.29) is 23.9 Å². The maximum Gasteiger partial charge on any atom is 0.244 e. The Hall–Kier alpha value is -1.60. The molecule has 0 saturated carbocycles. The van der Waals surface area contributed by atoms with Crippen LogP contribution in [0.15, 0.2) is 17.0 Å². The second-order valence-electron chi connectivity index (χ2n) is 4.59. The van der Waals surface area contributed by atoms with Crippen LogP contribution >= 0.6 is 0 Å². The number of aryl methyl sites for hydroxylation is 2. The first-order valence-corrected chi connectivity index (χ1v) is 7.75. The number of carbonyl (C=O) groups is 1. The van der Waals surface area contributed by atoms with E-state index in [1.807, 2.05) is 0 Å². The van der Waals surface area contributed by atoms with Gasteiger partial charge in [-0.3, -0.25) is 4.79 Å². The molecule has 0 radical (unpaired) electrons. The minimum atomic E-state index is -3.72. The molecule has 3 N–H and O–H groups in total. The predicted molar refractivity (Wildman–Crippen MR) is 78.8 cm³/mol. The van der Waals surface area contributed by atoms with Crippen LogP contribution in [0.2, 0.25) is 0 Å². The van der Waals surface area contributed by atoms with Crippen molar-refractivity contribution in [1.82, 2.24) is 9.62 Å². The average Bonchev–Trinajstić information content (AvgIpc) is 2.33. The van der Waals surface area contributed by atoms with Gasteiger partial charge >= 0.3 is 0 Å². The van der Waals surface area contributed by atoms with E-state index in [1.165, 1.54) is 7.05 Å². The summed E-state index contributed by atoms with van der Waals surface area (Å²) in [6.45, 7) is 5.12. The standard InChI is InChI=1S/C13H21N3O3S/c1-5-16(8-12(17)15-4)20(18,19)13-9(2)6-11(14)7-10(13)3/h6-7H,5,8,14H2,1-4H3,(H,15,17). The van der Waals surface area contributed by atoms with Gasteiger partial charge in [0.05, 0.1) is 11.4 Å². The Morgan fingerprint density at radius 1 is 1.30 bits per heavy atom. The lowest BCUT2D eigenvalue weighted by Gasteiger charge is -2.22. The van der Waals surface area contributed by atoms with Crippen LogP contribution in [0.25, 0.3) is 0 Å². The summed E-state index contributed by atoms with van der Waals surface area (Å²) >= 11 is 0. The van der Waals surface area contributed by atoms with Gasteiger partial charge in [-0.2, -0.15) is 4.31 Å². The molecule has 0 unspecified atom stereocenters. The highest BCUT2D eigenvalue weighted by atomic mass is 32.2. The second kappa shape index (κ2) is 6.23. The average molecular weight is 299 g/mol. The molecule has 0 aliphatic carbocycles. The zero-order valence-corrected chi connectivity index (χ0v) is 13.0. The molecule has 0 spiro atoms. The summed E-state index contributed by atoms with van der Waals surface area (Å²) in [5.74, 6) is -0.346. The number of nitrogens with two attached hydrogens (primary N) is 1. The molecular formula is C13H21N3O3S. The Bertz CT molecular complexity index is 588. The van der Waals surface area contributed by atoms with Crippen molar-refractivity contribution in [3.05, 3.63) is 23.3 Å². The molecule has 7 heteroatoms. The maximum absolute atomic E-state index is 12.7. The second-order valence-corrected chi connectivity index (χ2v) is 6.46. The van der Waals surface area contributed by atoms with E-state index >= 15 is 0 Å². The number of nitrogens with one attached hydrogen (secondary N) is 1. The fraction of sp³-hybridized carbons (Fsp3) is 0.462. The Morgan fingerprint density at radius 3 is 2.20 bits per heavy atom. The minimum absolute atomic E-state index is 0.196. The summed E-state index contributed by atoms with van der Waals surface area (Å²) in [7, 11) is -2.24. The molecule has 6 nitrogen and oxygen atoms in total. The first kappa shape index (κ1) is 16.5. The zero-order chi connectivity index (χ0) is 15.5. The van der Waals surface area contributed by atoms with Gasteiger partial charge in [0.1, 0.15) is 0 Å². The quantitative estimate of drug-likeness (QED) is 0.780. The fourth-order valence-corrected chi connectivity index (χ4v) is 3.94. The molecule has 0 atom stereocenters. The Kier molecular flexibility index (Phi) is 5.13. The van der Waals surface area contributed by atoms with Crippen LogP contribution in [0.3, 0.4) is 0 Å². The third-order valence-electron chi connectivity index (χ3n) is 3.03. The van der Waals surface area contributed by atoms with Crippen LogP contribution in [0.4, 0.5) is 5.69 Å². The number of rotatable bonds is 5. The van der Waals surface area contributed by atoms with Crippen molar-refractivity contribution in [2.24, 2.45) is 0 Å². The summed E-state index contributed by atoms with van der Waals surface area (Å²) in [6.07, 6.45) is 0. The maximum atomic E-state index is 12.7. The molecule has 1 aromatic rings. The van der Waals surface area contributed by atoms with Gasteiger partial charge in [0, 0.05) is 19.3 Å². The molecular weight excluding hydrogens is 278 g/mol. The molecule has 1 rings (SSSR count). The van der Waals surface area contributed by atoms with Gasteiger partial charge in [-0.05, 0) is 37.1 Å². The number of hydrogen-bond acceptors (Lipinski definition) is 4. The largest absolute Gasteiger partial charge is 0.399 e. The number of carbonyl (C=O) groups excluding carboxylic acids is 1. The van der Waals surface area contributed by atoms with Crippen LogP contribution < -0.4 is 11.1 Å². The monoisotopic (exact) mass is 299 g/mol. The van der Waals surface area contributed by atoms with E-state index in [1.54, 1.807) is 32.9 Å². The number of nitrogen functional groups attached to an aromatic ring is 1. The van der Waals surface area contributed by atoms with Gasteiger partial charge in [-0.25, -0.2) is 8.42 Å². The number of anilines is 1. The highest BCUT2D eigenvalue weighted by Gasteiger charge is 2.28. The van der Waals surface area contributed by atoms with Crippen molar-refractivity contribution in [3.8, 4) is 0 Å². The number of likely N-dealkylation sites (N-methyl/N-ethyl adjacent to an activating group) is 2. The van der Waals surface area contributed by atoms with Crippen LogP contribution in [-0.2, 0) is 14.8 Å². The minimum Gasteiger partial charge on any atom is -0.399 e. The van der Waals surface area contributed by atoms with Gasteiger partial charge in [0.2, 0.25) is 15.9 Å². The summed E-state index contributed by atoms with van der Waals surface area (Å²) in [6, 6.07) is 3.24. The van der Waals surface area contributed by atoms with Crippen LogP contribution in [0, 0.1) is 13.8 Å². The number of hydrogen-bond donors (Lipinski definition) is 2. The molecule has 1 aromatic carbocycles. The van der Waals surface area contributed by atoms with Crippen molar-refractivity contribution in [2.45, 2.75) is 25.7 Å². The Labute approximate surface area is 120 Å². The fourth-order valence-electron chi connectivity index (χ4n) is 2.13. The SMILES string of the molecule is CCN(CC(=O)NC)S(=O)(=O)c1c(C)cc(N)cc1C. The van der Waals surface area contributed by atoms with Crippen LogP contribution in [-0.4, -0.2) is 38.8 Å². The van der Waals surface area contributed by atoms with E-state index in [0.29, 0.717) is 16.8 Å². The van der Waals surface area contributed by atoms with Crippen molar-refractivity contribution in [3.63, 3.8) is 0 Å². The van der Waals surface area contributed by atoms with Gasteiger partial charge in [0.25, 0.3) is 0 Å². The lowest BCUT2D eigenvalue weighted by Crippen LogP contribution is -2.39. The molecule has 1 amide bonds. The molecule has 112 valence electrons. The topological polar surface area (TPSA) is 92.5 Å². The van der Waals surface area contributed by atoms with Crippen molar-refractivity contribution >= 4 is 21.6 Å². The van der Waals surface area contributed by atoms with Crippen molar-refractivity contribution < 1.29 is 13.2 Å². The van der Waals surface area contributed by atoms with Crippen LogP contribution in [0.5, 0.6) is 0 Å². The van der Waals surface area contributed by atoms with E-state index < -0.39 is 10.0 Å². The van der Waals surface area contributed by atoms with E-state index in [4.69, 9.17) is 5.73 Å². The molecule has 0 aromatic heterocycles. The lowest BCUT2D eigenvalue weighted by atomic mass is 10.1. The third kappa shape index (κ3) is 3.29. The molecule has 0 aliphatic heterocycles. The predicted octanol–water partition coefficient (Wildman–Crippen LogP) is 0.642. The third-order valence-corrected chi connectivity index (χ3v) is 5.26. The lowest BCUT2D eigenvalue weighted by molar-refractivity contribution is -0.120. The Morgan fingerprint density at radius 2 is 1.80 bits per heavy atom. The van der Waals surface area contributed by atoms with Gasteiger partial charge in [-0.1, -0.05) is 6.92 Å². The van der Waals surface area contributed by atoms with E-state index in [9.17, 15) is 13.2 Å². The number of benzene rings is 1. The number of nitrogens with zero attached hydrogens (tertiary/aromatic N) is 1.